The molecule has 5 nitrogen and oxygen atoms in total. The highest BCUT2D eigenvalue weighted by Gasteiger charge is 2.47. The van der Waals surface area contributed by atoms with Gasteiger partial charge in [0.25, 0.3) is 0 Å². The molecule has 1 amide bonds. The van der Waals surface area contributed by atoms with Crippen molar-refractivity contribution >= 4 is 11.6 Å². The van der Waals surface area contributed by atoms with E-state index in [0.717, 1.165) is 22.4 Å². The van der Waals surface area contributed by atoms with Crippen molar-refractivity contribution in [2.24, 2.45) is 0 Å². The number of aromatic nitrogens is 2. The maximum Gasteiger partial charge on any atom is 0.239 e. The molecule has 0 unspecified atom stereocenters. The number of rotatable bonds is 4. The normalized spacial score (nSPS) is 15.0. The molecule has 27 heavy (non-hydrogen) atoms. The molecule has 1 aromatic heterocycles. The molecule has 1 N–H and O–H groups in total. The summed E-state index contributed by atoms with van der Waals surface area (Å²) in [5.41, 5.74) is 3.54. The minimum atomic E-state index is -0.741. The first-order chi connectivity index (χ1) is 13.1. The number of ether oxygens (including phenoxy) is 1. The van der Waals surface area contributed by atoms with E-state index in [1.807, 2.05) is 31.2 Å². The zero-order chi connectivity index (χ0) is 18.9. The monoisotopic (exact) mass is 363 g/mol. The Morgan fingerprint density at radius 1 is 1.11 bits per heavy atom. The Morgan fingerprint density at radius 2 is 1.81 bits per heavy atom. The number of nitrogens with zero attached hydrogens (tertiary/aromatic N) is 2. The Labute approximate surface area is 156 Å². The van der Waals surface area contributed by atoms with E-state index >= 15 is 0 Å². The van der Waals surface area contributed by atoms with E-state index in [1.165, 1.54) is 18.5 Å². The lowest BCUT2D eigenvalue weighted by atomic mass is 9.77. The van der Waals surface area contributed by atoms with Crippen LogP contribution in [0, 0.1) is 12.7 Å². The lowest BCUT2D eigenvalue weighted by Gasteiger charge is -2.40. The van der Waals surface area contributed by atoms with Gasteiger partial charge in [-0.25, -0.2) is 14.4 Å². The Bertz CT molecular complexity index is 967. The number of hydrogen-bond acceptors (Lipinski definition) is 4. The van der Waals surface area contributed by atoms with Crippen molar-refractivity contribution in [2.75, 3.05) is 18.5 Å². The summed E-state index contributed by atoms with van der Waals surface area (Å²) in [4.78, 5) is 21.2. The Morgan fingerprint density at radius 3 is 2.41 bits per heavy atom. The molecule has 136 valence electrons. The number of anilines is 1. The van der Waals surface area contributed by atoms with E-state index in [-0.39, 0.29) is 11.7 Å². The van der Waals surface area contributed by atoms with Crippen LogP contribution < -0.4 is 5.32 Å². The summed E-state index contributed by atoms with van der Waals surface area (Å²) >= 11 is 0. The number of hydrogen-bond donors (Lipinski definition) is 1. The van der Waals surface area contributed by atoms with Gasteiger partial charge in [-0.1, -0.05) is 24.3 Å². The number of carbonyl (C=O) groups excluding carboxylic acids is 1. The molecule has 1 aliphatic rings. The smallest absolute Gasteiger partial charge is 0.239 e. The molecule has 0 bridgehead atoms. The molecule has 0 radical (unpaired) electrons. The van der Waals surface area contributed by atoms with Gasteiger partial charge in [-0.15, -0.1) is 0 Å². The van der Waals surface area contributed by atoms with Crippen molar-refractivity contribution in [1.29, 1.82) is 0 Å². The number of carbonyl (C=O) groups is 1. The summed E-state index contributed by atoms with van der Waals surface area (Å²) in [5.74, 6) is -0.502. The van der Waals surface area contributed by atoms with Crippen LogP contribution in [0.2, 0.25) is 0 Å². The third-order valence-corrected chi connectivity index (χ3v) is 4.89. The van der Waals surface area contributed by atoms with Crippen molar-refractivity contribution in [1.82, 2.24) is 9.97 Å². The number of benzene rings is 2. The highest BCUT2D eigenvalue weighted by Crippen LogP contribution is 2.35. The van der Waals surface area contributed by atoms with Crippen molar-refractivity contribution < 1.29 is 13.9 Å². The summed E-state index contributed by atoms with van der Waals surface area (Å²) < 4.78 is 18.4. The van der Waals surface area contributed by atoms with Crippen LogP contribution in [0.4, 0.5) is 10.1 Å². The van der Waals surface area contributed by atoms with E-state index in [1.54, 1.807) is 18.3 Å². The summed E-state index contributed by atoms with van der Waals surface area (Å²) in [6, 6.07) is 13.5. The van der Waals surface area contributed by atoms with E-state index in [2.05, 4.69) is 15.3 Å². The van der Waals surface area contributed by atoms with E-state index < -0.39 is 5.41 Å². The van der Waals surface area contributed by atoms with Gasteiger partial charge in [-0.05, 0) is 42.3 Å². The standard InChI is InChI=1S/C21H18FN3O2/c1-14-19(10-23-13-24-14)15-2-4-16(5-3-15)21(11-27-12-21)20(26)25-18-8-6-17(22)7-9-18/h2-10,13H,11-12H2,1H3,(H,25,26). The minimum absolute atomic E-state index is 0.160. The second-order valence-electron chi connectivity index (χ2n) is 6.64. The maximum absolute atomic E-state index is 13.1. The first kappa shape index (κ1) is 17.3. The van der Waals surface area contributed by atoms with E-state index in [0.29, 0.717) is 18.9 Å². The Balaban J connectivity index is 1.59. The Hall–Kier alpha value is -3.12. The van der Waals surface area contributed by atoms with Crippen molar-refractivity contribution in [3.63, 3.8) is 0 Å². The van der Waals surface area contributed by atoms with Gasteiger partial charge in [0.15, 0.2) is 0 Å². The average molecular weight is 363 g/mol. The van der Waals surface area contributed by atoms with Crippen LogP contribution >= 0.6 is 0 Å². The average Bonchev–Trinajstić information content (AvgIpc) is 2.64. The molecule has 6 heteroatoms. The van der Waals surface area contributed by atoms with Gasteiger partial charge < -0.3 is 10.1 Å². The molecule has 3 aromatic rings. The molecule has 0 atom stereocenters. The molecule has 1 saturated heterocycles. The number of aryl methyl sites for hydroxylation is 1. The van der Waals surface area contributed by atoms with Crippen LogP contribution in [0.3, 0.4) is 0 Å². The molecule has 2 aromatic carbocycles. The predicted molar refractivity (Wildman–Crippen MR) is 99.7 cm³/mol. The lowest BCUT2D eigenvalue weighted by molar-refractivity contribution is -0.139. The summed E-state index contributed by atoms with van der Waals surface area (Å²) in [5, 5.41) is 2.86. The van der Waals surface area contributed by atoms with E-state index in [4.69, 9.17) is 4.74 Å². The molecule has 0 aliphatic carbocycles. The number of nitrogens with one attached hydrogen (secondary N) is 1. The molecular weight excluding hydrogens is 345 g/mol. The minimum Gasteiger partial charge on any atom is -0.378 e. The quantitative estimate of drug-likeness (QED) is 0.771. The third-order valence-electron chi connectivity index (χ3n) is 4.89. The van der Waals surface area contributed by atoms with Crippen LogP contribution in [-0.2, 0) is 14.9 Å². The fourth-order valence-corrected chi connectivity index (χ4v) is 3.16. The molecule has 2 heterocycles. The second-order valence-corrected chi connectivity index (χ2v) is 6.64. The predicted octanol–water partition coefficient (Wildman–Crippen LogP) is 3.50. The summed E-state index contributed by atoms with van der Waals surface area (Å²) in [6.07, 6.45) is 3.30. The third kappa shape index (κ3) is 3.19. The van der Waals surface area contributed by atoms with E-state index in [9.17, 15) is 9.18 Å². The molecule has 1 fully saturated rings. The van der Waals surface area contributed by atoms with Gasteiger partial charge >= 0.3 is 0 Å². The van der Waals surface area contributed by atoms with Crippen LogP contribution in [0.5, 0.6) is 0 Å². The van der Waals surface area contributed by atoms with Gasteiger partial charge in [-0.2, -0.15) is 0 Å². The first-order valence-electron chi connectivity index (χ1n) is 8.61. The van der Waals surface area contributed by atoms with Crippen LogP contribution in [-0.4, -0.2) is 29.1 Å². The first-order valence-corrected chi connectivity index (χ1v) is 8.61. The maximum atomic E-state index is 13.1. The molecule has 1 aliphatic heterocycles. The van der Waals surface area contributed by atoms with Gasteiger partial charge in [0.05, 0.1) is 13.2 Å². The fourth-order valence-electron chi connectivity index (χ4n) is 3.16. The van der Waals surface area contributed by atoms with Gasteiger partial charge in [-0.3, -0.25) is 4.79 Å². The highest BCUT2D eigenvalue weighted by atomic mass is 19.1. The summed E-state index contributed by atoms with van der Waals surface area (Å²) in [7, 11) is 0. The molecular formula is C21H18FN3O2. The van der Waals surface area contributed by atoms with Gasteiger partial charge in [0.1, 0.15) is 17.6 Å². The second kappa shape index (κ2) is 6.89. The molecule has 0 saturated carbocycles. The largest absolute Gasteiger partial charge is 0.378 e. The van der Waals surface area contributed by atoms with Crippen LogP contribution in [0.25, 0.3) is 11.1 Å². The lowest BCUT2D eigenvalue weighted by Crippen LogP contribution is -2.55. The SMILES string of the molecule is Cc1ncncc1-c1ccc(C2(C(=O)Nc3ccc(F)cc3)COC2)cc1. The number of halogens is 1. The van der Waals surface area contributed by atoms with Gasteiger partial charge in [0, 0.05) is 23.1 Å². The Kier molecular flexibility index (Phi) is 4.41. The zero-order valence-corrected chi connectivity index (χ0v) is 14.8. The van der Waals surface area contributed by atoms with Crippen molar-refractivity contribution in [3.8, 4) is 11.1 Å². The molecule has 0 spiro atoms. The van der Waals surface area contributed by atoms with Crippen molar-refractivity contribution in [3.05, 3.63) is 78.1 Å². The number of amides is 1. The molecule has 4 rings (SSSR count). The summed E-state index contributed by atoms with van der Waals surface area (Å²) in [6.45, 7) is 2.56. The van der Waals surface area contributed by atoms with Crippen molar-refractivity contribution in [2.45, 2.75) is 12.3 Å². The van der Waals surface area contributed by atoms with Gasteiger partial charge in [0.2, 0.25) is 5.91 Å². The fraction of sp³-hybridized carbons (Fsp3) is 0.190. The van der Waals surface area contributed by atoms with Crippen LogP contribution in [0.15, 0.2) is 61.1 Å². The topological polar surface area (TPSA) is 64.1 Å². The van der Waals surface area contributed by atoms with Crippen LogP contribution in [0.1, 0.15) is 11.3 Å². The highest BCUT2D eigenvalue weighted by molar-refractivity contribution is 6.00. The zero-order valence-electron chi connectivity index (χ0n) is 14.8.